The number of hydrogen-bond acceptors (Lipinski definition) is 7. The SMILES string of the molecule is C=O.CCCC.Cc1ccc(Nc2cc(S(=O)(=O)O)c(N)c3c2C(=O)c2ccccc2C3=O)cc1. The van der Waals surface area contributed by atoms with E-state index in [0.29, 0.717) is 5.69 Å². The highest BCUT2D eigenvalue weighted by molar-refractivity contribution is 7.86. The maximum Gasteiger partial charge on any atom is 0.296 e. The number of unbranched alkanes of at least 4 members (excludes halogenated alkanes) is 1. The molecule has 4 rings (SSSR count). The van der Waals surface area contributed by atoms with Gasteiger partial charge in [-0.3, -0.25) is 14.1 Å². The molecule has 0 spiro atoms. The van der Waals surface area contributed by atoms with Crippen LogP contribution in [0.15, 0.2) is 59.5 Å². The highest BCUT2D eigenvalue weighted by atomic mass is 32.2. The monoisotopic (exact) mass is 496 g/mol. The molecule has 0 atom stereocenters. The van der Waals surface area contributed by atoms with Crippen LogP contribution in [-0.2, 0) is 14.9 Å². The largest absolute Gasteiger partial charge is 0.397 e. The van der Waals surface area contributed by atoms with Gasteiger partial charge in [0, 0.05) is 16.8 Å². The number of hydrogen-bond donors (Lipinski definition) is 3. The lowest BCUT2D eigenvalue weighted by Crippen LogP contribution is -2.25. The van der Waals surface area contributed by atoms with Crippen LogP contribution in [-0.4, -0.2) is 31.3 Å². The van der Waals surface area contributed by atoms with Gasteiger partial charge in [-0.1, -0.05) is 68.7 Å². The van der Waals surface area contributed by atoms with E-state index >= 15 is 0 Å². The van der Waals surface area contributed by atoms with Crippen LogP contribution in [0.5, 0.6) is 0 Å². The first-order valence-corrected chi connectivity index (χ1v) is 12.3. The Balaban J connectivity index is 0.000000655. The molecule has 1 aliphatic carbocycles. The minimum Gasteiger partial charge on any atom is -0.397 e. The molecule has 1 aliphatic rings. The number of fused-ring (bicyclic) bond motifs is 2. The van der Waals surface area contributed by atoms with E-state index in [1.165, 1.54) is 25.0 Å². The fourth-order valence-corrected chi connectivity index (χ4v) is 4.04. The summed E-state index contributed by atoms with van der Waals surface area (Å²) in [7, 11) is -4.74. The molecule has 0 amide bonds. The van der Waals surface area contributed by atoms with Gasteiger partial charge in [0.25, 0.3) is 10.1 Å². The molecule has 0 aromatic heterocycles. The highest BCUT2D eigenvalue weighted by Gasteiger charge is 2.36. The van der Waals surface area contributed by atoms with E-state index in [2.05, 4.69) is 19.2 Å². The van der Waals surface area contributed by atoms with Crippen LogP contribution < -0.4 is 11.1 Å². The molecular weight excluding hydrogens is 468 g/mol. The molecule has 0 heterocycles. The van der Waals surface area contributed by atoms with Gasteiger partial charge in [0.2, 0.25) is 0 Å². The molecule has 9 heteroatoms. The normalized spacial score (nSPS) is 11.8. The van der Waals surface area contributed by atoms with Crippen LogP contribution in [0.4, 0.5) is 17.1 Å². The third-order valence-corrected chi connectivity index (χ3v) is 6.20. The number of nitrogens with one attached hydrogen (secondary N) is 1. The minimum absolute atomic E-state index is 0.0285. The molecule has 184 valence electrons. The molecular formula is C26H28N2O6S. The summed E-state index contributed by atoms with van der Waals surface area (Å²) >= 11 is 0. The average Bonchev–Trinajstić information content (AvgIpc) is 2.85. The van der Waals surface area contributed by atoms with Gasteiger partial charge in [-0.2, -0.15) is 8.42 Å². The molecule has 0 saturated carbocycles. The molecule has 0 radical (unpaired) electrons. The zero-order chi connectivity index (χ0) is 26.3. The van der Waals surface area contributed by atoms with Crippen molar-refractivity contribution < 1.29 is 27.4 Å². The zero-order valence-corrected chi connectivity index (χ0v) is 20.6. The van der Waals surface area contributed by atoms with Crippen molar-refractivity contribution in [1.82, 2.24) is 0 Å². The molecule has 0 aliphatic heterocycles. The van der Waals surface area contributed by atoms with Crippen molar-refractivity contribution in [3.63, 3.8) is 0 Å². The summed E-state index contributed by atoms with van der Waals surface area (Å²) in [5.74, 6) is -1.04. The molecule has 3 aromatic rings. The van der Waals surface area contributed by atoms with Gasteiger partial charge in [0.05, 0.1) is 22.5 Å². The third kappa shape index (κ3) is 5.82. The Hall–Kier alpha value is -3.82. The summed E-state index contributed by atoms with van der Waals surface area (Å²) in [6, 6.07) is 14.5. The minimum atomic E-state index is -4.74. The highest BCUT2D eigenvalue weighted by Crippen LogP contribution is 2.40. The van der Waals surface area contributed by atoms with Crippen LogP contribution in [0, 0.1) is 6.92 Å². The zero-order valence-electron chi connectivity index (χ0n) is 19.8. The van der Waals surface area contributed by atoms with Crippen molar-refractivity contribution in [2.24, 2.45) is 0 Å². The van der Waals surface area contributed by atoms with Crippen LogP contribution >= 0.6 is 0 Å². The van der Waals surface area contributed by atoms with E-state index in [1.54, 1.807) is 24.3 Å². The Bertz CT molecular complexity index is 1350. The summed E-state index contributed by atoms with van der Waals surface area (Å²) in [5, 5.41) is 2.98. The summed E-state index contributed by atoms with van der Waals surface area (Å²) < 4.78 is 33.4. The number of anilines is 3. The average molecular weight is 497 g/mol. The quantitative estimate of drug-likeness (QED) is 0.265. The van der Waals surface area contributed by atoms with Crippen LogP contribution in [0.25, 0.3) is 0 Å². The second-order valence-corrected chi connectivity index (χ2v) is 9.15. The van der Waals surface area contributed by atoms with Crippen molar-refractivity contribution in [2.75, 3.05) is 11.1 Å². The van der Waals surface area contributed by atoms with E-state index in [1.807, 2.05) is 25.8 Å². The maximum atomic E-state index is 13.2. The summed E-state index contributed by atoms with van der Waals surface area (Å²) in [5.41, 5.74) is 7.21. The smallest absolute Gasteiger partial charge is 0.296 e. The summed E-state index contributed by atoms with van der Waals surface area (Å²) in [4.78, 5) is 33.6. The molecule has 4 N–H and O–H groups in total. The van der Waals surface area contributed by atoms with Gasteiger partial charge in [0.15, 0.2) is 11.6 Å². The number of carbonyl (C=O) groups is 3. The lowest BCUT2D eigenvalue weighted by molar-refractivity contribution is -0.0980. The van der Waals surface area contributed by atoms with Gasteiger partial charge in [0.1, 0.15) is 11.7 Å². The number of ketones is 2. The molecule has 0 bridgehead atoms. The van der Waals surface area contributed by atoms with E-state index in [0.717, 1.165) is 11.6 Å². The number of benzene rings is 3. The van der Waals surface area contributed by atoms with Gasteiger partial charge in [-0.05, 0) is 25.1 Å². The van der Waals surface area contributed by atoms with Crippen molar-refractivity contribution in [3.8, 4) is 0 Å². The fraction of sp³-hybridized carbons (Fsp3) is 0.192. The Morgan fingerprint density at radius 1 is 0.886 bits per heavy atom. The van der Waals surface area contributed by atoms with E-state index in [-0.39, 0.29) is 27.9 Å². The van der Waals surface area contributed by atoms with Gasteiger partial charge in [-0.15, -0.1) is 0 Å². The Morgan fingerprint density at radius 2 is 1.37 bits per heavy atom. The van der Waals surface area contributed by atoms with Crippen molar-refractivity contribution in [2.45, 2.75) is 38.5 Å². The topological polar surface area (TPSA) is 144 Å². The molecule has 0 fully saturated rings. The van der Waals surface area contributed by atoms with Crippen LogP contribution in [0.1, 0.15) is 64.1 Å². The van der Waals surface area contributed by atoms with E-state index < -0.39 is 32.3 Å². The van der Waals surface area contributed by atoms with Crippen molar-refractivity contribution in [3.05, 3.63) is 82.4 Å². The van der Waals surface area contributed by atoms with E-state index in [4.69, 9.17) is 10.5 Å². The summed E-state index contributed by atoms with van der Waals surface area (Å²) in [6.45, 7) is 8.27. The molecule has 35 heavy (non-hydrogen) atoms. The molecule has 0 saturated heterocycles. The number of nitrogen functional groups attached to an aromatic ring is 1. The lowest BCUT2D eigenvalue weighted by Gasteiger charge is -2.23. The molecule has 8 nitrogen and oxygen atoms in total. The number of rotatable bonds is 4. The lowest BCUT2D eigenvalue weighted by atomic mass is 9.82. The van der Waals surface area contributed by atoms with Crippen LogP contribution in [0.2, 0.25) is 0 Å². The predicted octanol–water partition coefficient (Wildman–Crippen LogP) is 4.96. The summed E-state index contributed by atoms with van der Waals surface area (Å²) in [6.07, 6.45) is 2.64. The van der Waals surface area contributed by atoms with Crippen LogP contribution in [0.3, 0.4) is 0 Å². The fourth-order valence-electron chi connectivity index (χ4n) is 3.40. The number of nitrogens with two attached hydrogens (primary N) is 1. The number of carbonyl (C=O) groups excluding carboxylic acids is 3. The third-order valence-electron chi connectivity index (χ3n) is 5.31. The Kier molecular flexibility index (Phi) is 9.05. The van der Waals surface area contributed by atoms with Gasteiger partial charge >= 0.3 is 0 Å². The van der Waals surface area contributed by atoms with E-state index in [9.17, 15) is 22.6 Å². The second kappa shape index (κ2) is 11.5. The first kappa shape index (κ1) is 27.4. The standard InChI is InChI=1S/C21H16N2O5S.C4H10.CH2O/c1-11-6-8-12(9-7-11)23-15-10-16(29(26,27)28)19(22)18-17(15)20(24)13-4-2-3-5-14(13)21(18)25;1-3-4-2;1-2/h2-10,23H,22H2,1H3,(H,26,27,28);3-4H2,1-2H3;1H2. The predicted molar refractivity (Wildman–Crippen MR) is 136 cm³/mol. The van der Waals surface area contributed by atoms with Gasteiger partial charge in [-0.25, -0.2) is 0 Å². The molecule has 0 unspecified atom stereocenters. The maximum absolute atomic E-state index is 13.2. The van der Waals surface area contributed by atoms with Crippen molar-refractivity contribution in [1.29, 1.82) is 0 Å². The first-order valence-electron chi connectivity index (χ1n) is 10.8. The Morgan fingerprint density at radius 3 is 1.83 bits per heavy atom. The molecule has 3 aromatic carbocycles. The number of aryl methyl sites for hydroxylation is 1. The first-order chi connectivity index (χ1) is 16.6. The van der Waals surface area contributed by atoms with Crippen molar-refractivity contribution >= 4 is 45.5 Å². The second-order valence-electron chi connectivity index (χ2n) is 7.76. The van der Waals surface area contributed by atoms with Gasteiger partial charge < -0.3 is 15.8 Å². The Labute approximate surface area is 204 Å².